The lowest BCUT2D eigenvalue weighted by Crippen LogP contribution is -2.31. The Hall–Kier alpha value is -1.21. The summed E-state index contributed by atoms with van der Waals surface area (Å²) in [7, 11) is 0. The maximum Gasteiger partial charge on any atom is 0.253 e. The first-order valence-electron chi connectivity index (χ1n) is 7.77. The van der Waals surface area contributed by atoms with Crippen molar-refractivity contribution in [3.63, 3.8) is 0 Å². The maximum absolute atomic E-state index is 11.7. The van der Waals surface area contributed by atoms with Gasteiger partial charge < -0.3 is 5.32 Å². The lowest BCUT2D eigenvalue weighted by Gasteiger charge is -2.13. The van der Waals surface area contributed by atoms with Crippen molar-refractivity contribution >= 4 is 33.9 Å². The summed E-state index contributed by atoms with van der Waals surface area (Å²) in [5.74, 6) is 0.145. The molecule has 3 amide bonds. The van der Waals surface area contributed by atoms with Gasteiger partial charge in [-0.15, -0.1) is 0 Å². The van der Waals surface area contributed by atoms with E-state index in [1.54, 1.807) is 0 Å². The van der Waals surface area contributed by atoms with Crippen molar-refractivity contribution in [1.82, 2.24) is 14.1 Å². The van der Waals surface area contributed by atoms with Crippen LogP contribution in [-0.4, -0.2) is 52.7 Å². The monoisotopic (exact) mass is 371 g/mol. The van der Waals surface area contributed by atoms with E-state index >= 15 is 0 Å². The molecular weight excluding hydrogens is 350 g/mol. The van der Waals surface area contributed by atoms with Crippen LogP contribution in [0.25, 0.3) is 0 Å². The van der Waals surface area contributed by atoms with Crippen LogP contribution < -0.4 is 5.32 Å². The van der Waals surface area contributed by atoms with Crippen molar-refractivity contribution in [3.05, 3.63) is 12.2 Å². The minimum atomic E-state index is -0.236. The van der Waals surface area contributed by atoms with E-state index in [1.165, 1.54) is 17.1 Å². The molecule has 0 aliphatic carbocycles. The van der Waals surface area contributed by atoms with E-state index in [4.69, 9.17) is 0 Å². The van der Waals surface area contributed by atoms with Crippen LogP contribution in [0.15, 0.2) is 12.2 Å². The third-order valence-electron chi connectivity index (χ3n) is 4.01. The fourth-order valence-electron chi connectivity index (χ4n) is 2.68. The van der Waals surface area contributed by atoms with Gasteiger partial charge in [-0.25, -0.2) is 3.93 Å². The van der Waals surface area contributed by atoms with Gasteiger partial charge in [0.2, 0.25) is 5.91 Å². The fraction of sp³-hybridized carbons (Fsp3) is 0.667. The minimum absolute atomic E-state index is 0.0861. The van der Waals surface area contributed by atoms with Gasteiger partial charge in [0.05, 0.1) is 0 Å². The number of nitrogens with zero attached hydrogens (tertiary/aromatic N) is 2. The normalized spacial score (nSPS) is 21.9. The number of nitrogens with one attached hydrogen (secondary N) is 1. The lowest BCUT2D eigenvalue weighted by atomic mass is 10.1. The summed E-state index contributed by atoms with van der Waals surface area (Å²) in [6.45, 7) is 3.19. The van der Waals surface area contributed by atoms with E-state index in [9.17, 15) is 14.4 Å². The van der Waals surface area contributed by atoms with Crippen molar-refractivity contribution in [2.75, 3.05) is 26.2 Å². The molecule has 0 radical (unpaired) electrons. The van der Waals surface area contributed by atoms with Gasteiger partial charge in [-0.05, 0) is 25.2 Å². The van der Waals surface area contributed by atoms with Gasteiger partial charge in [-0.1, -0.05) is 6.42 Å². The Morgan fingerprint density at radius 3 is 2.59 bits per heavy atom. The highest BCUT2D eigenvalue weighted by molar-refractivity contribution is 9.07. The summed E-state index contributed by atoms with van der Waals surface area (Å²) in [5.41, 5.74) is 0. The van der Waals surface area contributed by atoms with Crippen LogP contribution >= 0.6 is 16.1 Å². The molecule has 122 valence electrons. The largest absolute Gasteiger partial charge is 0.356 e. The third-order valence-corrected chi connectivity index (χ3v) is 4.65. The minimum Gasteiger partial charge on any atom is -0.356 e. The number of imide groups is 1. The molecule has 1 fully saturated rings. The van der Waals surface area contributed by atoms with Gasteiger partial charge in [0, 0.05) is 60.9 Å². The average molecular weight is 372 g/mol. The van der Waals surface area contributed by atoms with Crippen LogP contribution in [0.1, 0.15) is 32.1 Å². The van der Waals surface area contributed by atoms with Crippen LogP contribution in [0.5, 0.6) is 0 Å². The Morgan fingerprint density at radius 2 is 1.95 bits per heavy atom. The van der Waals surface area contributed by atoms with Crippen LogP contribution in [0, 0.1) is 5.92 Å². The van der Waals surface area contributed by atoms with Crippen molar-refractivity contribution in [2.24, 2.45) is 5.92 Å². The average Bonchev–Trinajstić information content (AvgIpc) is 3.04. The van der Waals surface area contributed by atoms with Crippen LogP contribution in [0.4, 0.5) is 0 Å². The Morgan fingerprint density at radius 1 is 1.23 bits per heavy atom. The highest BCUT2D eigenvalue weighted by Crippen LogP contribution is 2.18. The van der Waals surface area contributed by atoms with E-state index < -0.39 is 0 Å². The van der Waals surface area contributed by atoms with E-state index in [1.807, 2.05) is 0 Å². The topological polar surface area (TPSA) is 69.7 Å². The standard InChI is InChI=1S/C15H22BrN3O3/c16-18-9-7-12(11-18)10-17-13(20)4-2-1-3-8-19-14(21)5-6-15(19)22/h5-6,12H,1-4,7-11H2,(H,17,20)/t12-/m0/s1. The summed E-state index contributed by atoms with van der Waals surface area (Å²) in [4.78, 5) is 35.7. The van der Waals surface area contributed by atoms with E-state index in [-0.39, 0.29) is 17.7 Å². The highest BCUT2D eigenvalue weighted by Gasteiger charge is 2.22. The molecule has 0 saturated carbocycles. The van der Waals surface area contributed by atoms with Gasteiger partial charge in [-0.2, -0.15) is 0 Å². The Bertz CT molecular complexity index is 449. The summed E-state index contributed by atoms with van der Waals surface area (Å²) in [5, 5.41) is 2.98. The number of hydrogen-bond donors (Lipinski definition) is 1. The molecule has 1 saturated heterocycles. The first-order chi connectivity index (χ1) is 10.6. The van der Waals surface area contributed by atoms with Crippen LogP contribution in [-0.2, 0) is 14.4 Å². The van der Waals surface area contributed by atoms with Gasteiger partial charge in [0.15, 0.2) is 0 Å². The third kappa shape index (κ3) is 5.21. The van der Waals surface area contributed by atoms with Gasteiger partial charge in [0.25, 0.3) is 11.8 Å². The number of halogens is 1. The molecule has 1 atom stereocenters. The zero-order valence-electron chi connectivity index (χ0n) is 12.6. The number of rotatable bonds is 8. The zero-order chi connectivity index (χ0) is 15.9. The molecule has 6 nitrogen and oxygen atoms in total. The summed E-state index contributed by atoms with van der Waals surface area (Å²) >= 11 is 3.45. The Balaban J connectivity index is 1.49. The smallest absolute Gasteiger partial charge is 0.253 e. The zero-order valence-corrected chi connectivity index (χ0v) is 14.2. The van der Waals surface area contributed by atoms with Gasteiger partial charge >= 0.3 is 0 Å². The SMILES string of the molecule is O=C(CCCCCN1C(=O)C=CC1=O)NC[C@@H]1CCN(Br)C1. The predicted octanol–water partition coefficient (Wildman–Crippen LogP) is 1.22. The van der Waals surface area contributed by atoms with Gasteiger partial charge in [0.1, 0.15) is 0 Å². The van der Waals surface area contributed by atoms with Crippen LogP contribution in [0.3, 0.4) is 0 Å². The molecule has 22 heavy (non-hydrogen) atoms. The van der Waals surface area contributed by atoms with E-state index in [0.29, 0.717) is 18.9 Å². The Kier molecular flexibility index (Phi) is 6.57. The van der Waals surface area contributed by atoms with Crippen LogP contribution in [0.2, 0.25) is 0 Å². The number of carbonyl (C=O) groups is 3. The lowest BCUT2D eigenvalue weighted by molar-refractivity contribution is -0.136. The molecule has 2 rings (SSSR count). The second kappa shape index (κ2) is 8.43. The Labute approximate surface area is 139 Å². The first-order valence-corrected chi connectivity index (χ1v) is 8.48. The summed E-state index contributed by atoms with van der Waals surface area (Å²) in [6.07, 6.45) is 6.57. The number of hydrogen-bond acceptors (Lipinski definition) is 4. The number of carbonyl (C=O) groups excluding carboxylic acids is 3. The van der Waals surface area contributed by atoms with E-state index in [2.05, 4.69) is 25.4 Å². The quantitative estimate of drug-likeness (QED) is 0.395. The molecule has 0 spiro atoms. The molecule has 0 aromatic heterocycles. The highest BCUT2D eigenvalue weighted by atomic mass is 79.9. The van der Waals surface area contributed by atoms with Crippen molar-refractivity contribution in [2.45, 2.75) is 32.1 Å². The molecule has 0 aromatic rings. The molecule has 2 aliphatic heterocycles. The second-order valence-corrected chi connectivity index (χ2v) is 6.80. The van der Waals surface area contributed by atoms with Crippen molar-refractivity contribution < 1.29 is 14.4 Å². The molecule has 2 aliphatic rings. The molecule has 1 N–H and O–H groups in total. The predicted molar refractivity (Wildman–Crippen MR) is 85.9 cm³/mol. The second-order valence-electron chi connectivity index (χ2n) is 5.80. The fourth-order valence-corrected chi connectivity index (χ4v) is 3.30. The number of unbranched alkanes of at least 4 members (excludes halogenated alkanes) is 2. The first kappa shape index (κ1) is 17.1. The van der Waals surface area contributed by atoms with Crippen molar-refractivity contribution in [3.8, 4) is 0 Å². The van der Waals surface area contributed by atoms with E-state index in [0.717, 1.165) is 45.3 Å². The molecule has 0 bridgehead atoms. The summed E-state index contributed by atoms with van der Waals surface area (Å²) < 4.78 is 2.10. The van der Waals surface area contributed by atoms with Gasteiger partial charge in [-0.3, -0.25) is 19.3 Å². The molecule has 0 unspecified atom stereocenters. The number of amides is 3. The molecular formula is C15H22BrN3O3. The van der Waals surface area contributed by atoms with Crippen molar-refractivity contribution in [1.29, 1.82) is 0 Å². The molecule has 2 heterocycles. The summed E-state index contributed by atoms with van der Waals surface area (Å²) in [6, 6.07) is 0. The maximum atomic E-state index is 11.7. The molecule has 7 heteroatoms. The molecule has 0 aromatic carbocycles.